The number of nitrogens with one attached hydrogen (secondary N) is 2. The lowest BCUT2D eigenvalue weighted by Gasteiger charge is -2.59. The molecule has 2 aromatic rings. The van der Waals surface area contributed by atoms with Crippen LogP contribution in [-0.4, -0.2) is 46.4 Å². The molecule has 2 atom stereocenters. The second-order valence-corrected chi connectivity index (χ2v) is 9.24. The first kappa shape index (κ1) is 23.0. The number of aromatic nitrogens is 1. The lowest BCUT2D eigenvalue weighted by Crippen LogP contribution is -2.67. The van der Waals surface area contributed by atoms with Crippen molar-refractivity contribution in [1.82, 2.24) is 25.4 Å². The van der Waals surface area contributed by atoms with Crippen molar-refractivity contribution in [2.45, 2.75) is 31.8 Å². The molecule has 0 radical (unpaired) electrons. The zero-order valence-corrected chi connectivity index (χ0v) is 19.4. The largest absolute Gasteiger partial charge is 0.383 e. The highest BCUT2D eigenvalue weighted by molar-refractivity contribution is 5.93. The van der Waals surface area contributed by atoms with E-state index in [0.717, 1.165) is 11.3 Å². The van der Waals surface area contributed by atoms with Crippen molar-refractivity contribution in [2.75, 3.05) is 19.6 Å². The number of dihydropyridines is 1. The minimum atomic E-state index is -0.688. The Morgan fingerprint density at radius 3 is 2.57 bits per heavy atom. The molecule has 9 heteroatoms. The molecule has 3 aliphatic heterocycles. The smallest absolute Gasteiger partial charge is 0.317 e. The van der Waals surface area contributed by atoms with Crippen LogP contribution in [0.5, 0.6) is 0 Å². The van der Waals surface area contributed by atoms with Crippen LogP contribution in [-0.2, 0) is 4.79 Å². The van der Waals surface area contributed by atoms with Crippen LogP contribution in [0.1, 0.15) is 43.1 Å². The van der Waals surface area contributed by atoms with E-state index in [9.17, 15) is 18.4 Å². The maximum Gasteiger partial charge on any atom is 0.317 e. The summed E-state index contributed by atoms with van der Waals surface area (Å²) in [5.74, 6) is -0.814. The van der Waals surface area contributed by atoms with Gasteiger partial charge in [-0.1, -0.05) is 18.2 Å². The highest BCUT2D eigenvalue weighted by Gasteiger charge is 2.63. The van der Waals surface area contributed by atoms with Crippen molar-refractivity contribution in [3.63, 3.8) is 0 Å². The number of hydrogen-bond acceptors (Lipinski definition) is 4. The van der Waals surface area contributed by atoms with Gasteiger partial charge in [0.1, 0.15) is 11.6 Å². The van der Waals surface area contributed by atoms with E-state index in [1.54, 1.807) is 28.1 Å². The van der Waals surface area contributed by atoms with Gasteiger partial charge in [-0.15, -0.1) is 0 Å². The molecule has 5 rings (SSSR count). The SMILES string of the molecule is CC(NC(=O)N1CCC2(CC1)C(=O)N(C1=CC(F)=CNC1)C2c1ccccn1)c1ccc(F)cc1. The van der Waals surface area contributed by atoms with Crippen LogP contribution in [0.25, 0.3) is 0 Å². The number of benzene rings is 1. The summed E-state index contributed by atoms with van der Waals surface area (Å²) in [6.07, 6.45) is 5.33. The predicted molar refractivity (Wildman–Crippen MR) is 126 cm³/mol. The van der Waals surface area contributed by atoms with Gasteiger partial charge in [-0.25, -0.2) is 13.6 Å². The Balaban J connectivity index is 1.31. The second-order valence-electron chi connectivity index (χ2n) is 9.24. The zero-order valence-electron chi connectivity index (χ0n) is 19.4. The number of likely N-dealkylation sites (tertiary alicyclic amines) is 2. The van der Waals surface area contributed by atoms with Gasteiger partial charge in [0, 0.05) is 31.2 Å². The Hall–Kier alpha value is -3.75. The van der Waals surface area contributed by atoms with Crippen LogP contribution < -0.4 is 10.6 Å². The number of allylic oxidation sites excluding steroid dienone is 2. The number of rotatable bonds is 4. The van der Waals surface area contributed by atoms with Crippen molar-refractivity contribution >= 4 is 11.9 Å². The summed E-state index contributed by atoms with van der Waals surface area (Å²) in [6, 6.07) is 10.8. The molecule has 0 bridgehead atoms. The lowest BCUT2D eigenvalue weighted by atomic mass is 9.63. The fraction of sp³-hybridized carbons (Fsp3) is 0.346. The molecule has 1 aromatic carbocycles. The molecule has 1 aromatic heterocycles. The van der Waals surface area contributed by atoms with Crippen molar-refractivity contribution in [3.05, 3.63) is 89.5 Å². The number of β-lactam (4-membered cyclic amide) rings is 1. The Labute approximate surface area is 202 Å². The normalized spacial score (nSPS) is 22.0. The molecule has 4 heterocycles. The maximum absolute atomic E-state index is 13.9. The second kappa shape index (κ2) is 9.13. The highest BCUT2D eigenvalue weighted by Crippen LogP contribution is 2.57. The third-order valence-corrected chi connectivity index (χ3v) is 7.18. The molecule has 2 saturated heterocycles. The molecule has 3 aliphatic rings. The quantitative estimate of drug-likeness (QED) is 0.651. The van der Waals surface area contributed by atoms with Crippen LogP contribution in [0.2, 0.25) is 0 Å². The molecule has 2 N–H and O–H groups in total. The third kappa shape index (κ3) is 4.15. The summed E-state index contributed by atoms with van der Waals surface area (Å²) in [4.78, 5) is 34.3. The number of hydrogen-bond donors (Lipinski definition) is 2. The van der Waals surface area contributed by atoms with Gasteiger partial charge in [0.2, 0.25) is 5.91 Å². The molecule has 3 amide bonds. The van der Waals surface area contributed by atoms with Gasteiger partial charge in [0.25, 0.3) is 0 Å². The van der Waals surface area contributed by atoms with E-state index < -0.39 is 11.2 Å². The van der Waals surface area contributed by atoms with Crippen molar-refractivity contribution in [1.29, 1.82) is 0 Å². The summed E-state index contributed by atoms with van der Waals surface area (Å²) in [6.45, 7) is 3.03. The van der Waals surface area contributed by atoms with Gasteiger partial charge in [0.05, 0.1) is 29.7 Å². The number of carbonyl (C=O) groups is 2. The Kier molecular flexibility index (Phi) is 6.00. The Bertz CT molecular complexity index is 1170. The molecular weight excluding hydrogens is 452 g/mol. The van der Waals surface area contributed by atoms with E-state index in [1.807, 2.05) is 25.1 Å². The number of amides is 3. The van der Waals surface area contributed by atoms with E-state index in [4.69, 9.17) is 0 Å². The molecule has 2 fully saturated rings. The highest BCUT2D eigenvalue weighted by atomic mass is 19.1. The third-order valence-electron chi connectivity index (χ3n) is 7.18. The number of urea groups is 1. The molecule has 1 spiro atoms. The van der Waals surface area contributed by atoms with Crippen LogP contribution in [0.4, 0.5) is 13.6 Å². The van der Waals surface area contributed by atoms with Crippen molar-refractivity contribution in [3.8, 4) is 0 Å². The average Bonchev–Trinajstić information content (AvgIpc) is 2.87. The van der Waals surface area contributed by atoms with Crippen LogP contribution in [0, 0.1) is 11.2 Å². The molecular formula is C26H27F2N5O2. The summed E-state index contributed by atoms with van der Waals surface area (Å²) >= 11 is 0. The van der Waals surface area contributed by atoms with E-state index in [1.165, 1.54) is 24.4 Å². The first-order valence-electron chi connectivity index (χ1n) is 11.7. The number of nitrogens with zero attached hydrogens (tertiary/aromatic N) is 3. The summed E-state index contributed by atoms with van der Waals surface area (Å²) in [5.41, 5.74) is 1.45. The average molecular weight is 480 g/mol. The van der Waals surface area contributed by atoms with Gasteiger partial charge >= 0.3 is 6.03 Å². The van der Waals surface area contributed by atoms with E-state index in [2.05, 4.69) is 15.6 Å². The number of carbonyl (C=O) groups excluding carboxylic acids is 2. The van der Waals surface area contributed by atoms with Gasteiger partial charge < -0.3 is 20.4 Å². The van der Waals surface area contributed by atoms with Gasteiger partial charge in [-0.3, -0.25) is 9.78 Å². The number of piperidine rings is 1. The maximum atomic E-state index is 13.9. The molecule has 0 saturated carbocycles. The van der Waals surface area contributed by atoms with Crippen LogP contribution in [0.15, 0.2) is 72.5 Å². The molecule has 0 aliphatic carbocycles. The Morgan fingerprint density at radius 1 is 1.17 bits per heavy atom. The zero-order chi connectivity index (χ0) is 24.6. The van der Waals surface area contributed by atoms with Gasteiger partial charge in [-0.05, 0) is 55.7 Å². The standard InChI is InChI=1S/C26H27F2N5O2/c1-17(18-5-7-19(27)8-6-18)31-25(35)32-12-9-26(10-13-32)23(22-4-2-3-11-30-22)33(24(26)34)21-14-20(28)15-29-16-21/h2-8,11,14-15,17,23,29H,9-10,12-13,16H2,1H3,(H,31,35). The predicted octanol–water partition coefficient (Wildman–Crippen LogP) is 3.96. The van der Waals surface area contributed by atoms with E-state index in [0.29, 0.717) is 38.2 Å². The van der Waals surface area contributed by atoms with Gasteiger partial charge in [-0.2, -0.15) is 0 Å². The fourth-order valence-corrected chi connectivity index (χ4v) is 5.27. The fourth-order valence-electron chi connectivity index (χ4n) is 5.27. The minimum Gasteiger partial charge on any atom is -0.383 e. The molecule has 35 heavy (non-hydrogen) atoms. The Morgan fingerprint density at radius 2 is 1.91 bits per heavy atom. The van der Waals surface area contributed by atoms with Gasteiger partial charge in [0.15, 0.2) is 0 Å². The van der Waals surface area contributed by atoms with Crippen molar-refractivity contribution in [2.24, 2.45) is 5.41 Å². The summed E-state index contributed by atoms with van der Waals surface area (Å²) < 4.78 is 27.1. The molecule has 182 valence electrons. The molecule has 7 nitrogen and oxygen atoms in total. The summed E-state index contributed by atoms with van der Waals surface area (Å²) in [7, 11) is 0. The van der Waals surface area contributed by atoms with Crippen LogP contribution in [0.3, 0.4) is 0 Å². The first-order chi connectivity index (χ1) is 16.9. The van der Waals surface area contributed by atoms with Crippen LogP contribution >= 0.6 is 0 Å². The van der Waals surface area contributed by atoms with E-state index >= 15 is 0 Å². The number of halogens is 2. The molecule has 2 unspecified atom stereocenters. The minimum absolute atomic E-state index is 0.0596. The summed E-state index contributed by atoms with van der Waals surface area (Å²) in [5, 5.41) is 5.83. The van der Waals surface area contributed by atoms with E-state index in [-0.39, 0.29) is 29.8 Å². The topological polar surface area (TPSA) is 77.6 Å². The monoisotopic (exact) mass is 479 g/mol. The first-order valence-corrected chi connectivity index (χ1v) is 11.7. The van der Waals surface area contributed by atoms with Crippen molar-refractivity contribution < 1.29 is 18.4 Å². The number of pyridine rings is 1. The lowest BCUT2D eigenvalue weighted by molar-refractivity contribution is -0.175.